The molecule has 1 aliphatic rings. The number of thiophene rings is 1. The second-order valence-corrected chi connectivity index (χ2v) is 7.73. The molecule has 23 heavy (non-hydrogen) atoms. The fourth-order valence-corrected chi connectivity index (χ4v) is 3.84. The van der Waals surface area contributed by atoms with Crippen LogP contribution >= 0.6 is 11.3 Å². The van der Waals surface area contributed by atoms with Gasteiger partial charge in [-0.2, -0.15) is 0 Å². The van der Waals surface area contributed by atoms with Crippen molar-refractivity contribution in [1.29, 1.82) is 0 Å². The minimum atomic E-state index is 0.143. The van der Waals surface area contributed by atoms with E-state index in [1.165, 1.54) is 41.7 Å². The molecule has 0 aliphatic heterocycles. The molecule has 0 spiro atoms. The Labute approximate surface area is 144 Å². The van der Waals surface area contributed by atoms with E-state index in [4.69, 9.17) is 0 Å². The van der Waals surface area contributed by atoms with Crippen LogP contribution < -0.4 is 5.32 Å². The number of allylic oxidation sites excluding steroid dienone is 1. The number of rotatable bonds is 8. The van der Waals surface area contributed by atoms with Crippen LogP contribution in [0, 0.1) is 6.92 Å². The Morgan fingerprint density at radius 1 is 1.39 bits per heavy atom. The van der Waals surface area contributed by atoms with Crippen LogP contribution in [0.1, 0.15) is 56.4 Å². The SMILES string of the molecule is Cc1ccsc1CN(CC(=O)NCCC1=CCCCC1)C(C)C. The molecule has 0 saturated carbocycles. The van der Waals surface area contributed by atoms with Gasteiger partial charge in [0.15, 0.2) is 0 Å². The van der Waals surface area contributed by atoms with Gasteiger partial charge in [0, 0.05) is 24.0 Å². The molecule has 4 heteroatoms. The molecule has 128 valence electrons. The largest absolute Gasteiger partial charge is 0.355 e. The van der Waals surface area contributed by atoms with E-state index in [-0.39, 0.29) is 5.91 Å². The Kier molecular flexibility index (Phi) is 7.31. The Balaban J connectivity index is 1.76. The Bertz CT molecular complexity index is 533. The van der Waals surface area contributed by atoms with E-state index in [2.05, 4.69) is 48.5 Å². The minimum absolute atomic E-state index is 0.143. The number of nitrogens with zero attached hydrogens (tertiary/aromatic N) is 1. The molecule has 0 fully saturated rings. The topological polar surface area (TPSA) is 32.3 Å². The lowest BCUT2D eigenvalue weighted by molar-refractivity contribution is -0.122. The average Bonchev–Trinajstić information content (AvgIpc) is 2.93. The first-order chi connectivity index (χ1) is 11.1. The van der Waals surface area contributed by atoms with Gasteiger partial charge in [0.05, 0.1) is 6.54 Å². The van der Waals surface area contributed by atoms with E-state index in [1.807, 2.05) is 0 Å². The number of hydrogen-bond acceptors (Lipinski definition) is 3. The number of aryl methyl sites for hydroxylation is 1. The van der Waals surface area contributed by atoms with Gasteiger partial charge in [-0.15, -0.1) is 11.3 Å². The van der Waals surface area contributed by atoms with Crippen molar-refractivity contribution < 1.29 is 4.79 Å². The Hall–Kier alpha value is -1.13. The second-order valence-electron chi connectivity index (χ2n) is 6.73. The number of carbonyl (C=O) groups is 1. The first-order valence-electron chi connectivity index (χ1n) is 8.78. The van der Waals surface area contributed by atoms with Crippen molar-refractivity contribution in [3.05, 3.63) is 33.5 Å². The lowest BCUT2D eigenvalue weighted by Crippen LogP contribution is -2.40. The van der Waals surface area contributed by atoms with Gasteiger partial charge in [0.2, 0.25) is 5.91 Å². The van der Waals surface area contributed by atoms with Gasteiger partial charge in [-0.25, -0.2) is 0 Å². The highest BCUT2D eigenvalue weighted by atomic mass is 32.1. The lowest BCUT2D eigenvalue weighted by atomic mass is 9.97. The summed E-state index contributed by atoms with van der Waals surface area (Å²) in [5, 5.41) is 5.22. The highest BCUT2D eigenvalue weighted by Crippen LogP contribution is 2.20. The highest BCUT2D eigenvalue weighted by molar-refractivity contribution is 7.10. The molecule has 1 aliphatic carbocycles. The van der Waals surface area contributed by atoms with E-state index in [0.717, 1.165) is 19.5 Å². The zero-order valence-corrected chi connectivity index (χ0v) is 15.5. The molecule has 0 atom stereocenters. The molecular formula is C19H30N2OS. The van der Waals surface area contributed by atoms with Crippen LogP contribution in [-0.4, -0.2) is 29.9 Å². The predicted octanol–water partition coefficient (Wildman–Crippen LogP) is 4.27. The minimum Gasteiger partial charge on any atom is -0.355 e. The molecule has 1 heterocycles. The zero-order valence-electron chi connectivity index (χ0n) is 14.7. The molecule has 0 saturated heterocycles. The van der Waals surface area contributed by atoms with Crippen molar-refractivity contribution >= 4 is 17.2 Å². The standard InChI is InChI=1S/C19H30N2OS/c1-15(2)21(13-18-16(3)10-12-23-18)14-19(22)20-11-9-17-7-5-4-6-8-17/h7,10,12,15H,4-6,8-9,11,13-14H2,1-3H3,(H,20,22). The van der Waals surface area contributed by atoms with Crippen molar-refractivity contribution in [3.8, 4) is 0 Å². The third-order valence-electron chi connectivity index (χ3n) is 4.55. The molecule has 1 amide bonds. The van der Waals surface area contributed by atoms with E-state index in [0.29, 0.717) is 12.6 Å². The summed E-state index contributed by atoms with van der Waals surface area (Å²) in [5.41, 5.74) is 2.84. The fraction of sp³-hybridized carbons (Fsp3) is 0.632. The molecule has 0 aromatic carbocycles. The second kappa shape index (κ2) is 9.24. The van der Waals surface area contributed by atoms with Crippen molar-refractivity contribution in [1.82, 2.24) is 10.2 Å². The van der Waals surface area contributed by atoms with Crippen LogP contribution in [0.3, 0.4) is 0 Å². The number of amides is 1. The smallest absolute Gasteiger partial charge is 0.234 e. The summed E-state index contributed by atoms with van der Waals surface area (Å²) in [7, 11) is 0. The van der Waals surface area contributed by atoms with Crippen molar-refractivity contribution in [3.63, 3.8) is 0 Å². The zero-order chi connectivity index (χ0) is 16.7. The monoisotopic (exact) mass is 334 g/mol. The van der Waals surface area contributed by atoms with Crippen LogP contribution in [0.5, 0.6) is 0 Å². The molecule has 0 radical (unpaired) electrons. The molecular weight excluding hydrogens is 304 g/mol. The summed E-state index contributed by atoms with van der Waals surface area (Å²) in [6.45, 7) is 8.57. The Morgan fingerprint density at radius 2 is 2.22 bits per heavy atom. The molecule has 2 rings (SSSR count). The maximum Gasteiger partial charge on any atom is 0.234 e. The molecule has 1 aromatic rings. The summed E-state index contributed by atoms with van der Waals surface area (Å²) in [6, 6.07) is 2.51. The van der Waals surface area contributed by atoms with E-state index >= 15 is 0 Å². The van der Waals surface area contributed by atoms with Gasteiger partial charge < -0.3 is 5.32 Å². The number of nitrogens with one attached hydrogen (secondary N) is 1. The maximum absolute atomic E-state index is 12.2. The predicted molar refractivity (Wildman–Crippen MR) is 98.8 cm³/mol. The fourth-order valence-electron chi connectivity index (χ4n) is 2.91. The molecule has 3 nitrogen and oxygen atoms in total. The summed E-state index contributed by atoms with van der Waals surface area (Å²) in [6.07, 6.45) is 8.42. The maximum atomic E-state index is 12.2. The summed E-state index contributed by atoms with van der Waals surface area (Å²) in [4.78, 5) is 15.8. The highest BCUT2D eigenvalue weighted by Gasteiger charge is 2.16. The number of carbonyl (C=O) groups excluding carboxylic acids is 1. The molecule has 1 N–H and O–H groups in total. The van der Waals surface area contributed by atoms with Gasteiger partial charge >= 0.3 is 0 Å². The van der Waals surface area contributed by atoms with Crippen LogP contribution in [0.4, 0.5) is 0 Å². The molecule has 1 aromatic heterocycles. The van der Waals surface area contributed by atoms with Gasteiger partial charge in [-0.05, 0) is 69.9 Å². The molecule has 0 unspecified atom stereocenters. The first-order valence-corrected chi connectivity index (χ1v) is 9.66. The van der Waals surface area contributed by atoms with Crippen LogP contribution in [0.25, 0.3) is 0 Å². The molecule has 0 bridgehead atoms. The van der Waals surface area contributed by atoms with E-state index < -0.39 is 0 Å². The third kappa shape index (κ3) is 6.11. The lowest BCUT2D eigenvalue weighted by Gasteiger charge is -2.25. The van der Waals surface area contributed by atoms with Crippen LogP contribution in [0.2, 0.25) is 0 Å². The van der Waals surface area contributed by atoms with E-state index in [9.17, 15) is 4.79 Å². The summed E-state index contributed by atoms with van der Waals surface area (Å²) in [5.74, 6) is 0.143. The Morgan fingerprint density at radius 3 is 2.83 bits per heavy atom. The first kappa shape index (κ1) is 18.2. The van der Waals surface area contributed by atoms with Crippen molar-refractivity contribution in [2.45, 2.75) is 65.5 Å². The van der Waals surface area contributed by atoms with Crippen LogP contribution in [-0.2, 0) is 11.3 Å². The van der Waals surface area contributed by atoms with Crippen molar-refractivity contribution in [2.75, 3.05) is 13.1 Å². The average molecular weight is 335 g/mol. The van der Waals surface area contributed by atoms with Gasteiger partial charge in [0.25, 0.3) is 0 Å². The van der Waals surface area contributed by atoms with Gasteiger partial charge in [-0.1, -0.05) is 11.6 Å². The third-order valence-corrected chi connectivity index (χ3v) is 5.55. The normalized spacial score (nSPS) is 15.1. The van der Waals surface area contributed by atoms with Crippen LogP contribution in [0.15, 0.2) is 23.1 Å². The number of hydrogen-bond donors (Lipinski definition) is 1. The van der Waals surface area contributed by atoms with E-state index in [1.54, 1.807) is 11.3 Å². The van der Waals surface area contributed by atoms with Gasteiger partial charge in [0.1, 0.15) is 0 Å². The summed E-state index contributed by atoms with van der Waals surface area (Å²) < 4.78 is 0. The quantitative estimate of drug-likeness (QED) is 0.720. The van der Waals surface area contributed by atoms with Crippen molar-refractivity contribution in [2.24, 2.45) is 0 Å². The van der Waals surface area contributed by atoms with Gasteiger partial charge in [-0.3, -0.25) is 9.69 Å². The summed E-state index contributed by atoms with van der Waals surface area (Å²) >= 11 is 1.78.